The summed E-state index contributed by atoms with van der Waals surface area (Å²) in [4.78, 5) is 30.9. The number of carbonyl (C=O) groups is 1. The Kier molecular flexibility index (Phi) is 4.38. The van der Waals surface area contributed by atoms with Crippen LogP contribution in [0.15, 0.2) is 50.3 Å². The van der Waals surface area contributed by atoms with Gasteiger partial charge in [-0.15, -0.1) is 0 Å². The largest absolute Gasteiger partial charge is 0.472 e. The number of aromatic nitrogens is 3. The highest BCUT2D eigenvalue weighted by molar-refractivity contribution is 7.07. The fourth-order valence-electron chi connectivity index (χ4n) is 3.28. The fraction of sp³-hybridized carbons (Fsp3) is 0.263. The number of thiazole rings is 1. The molecule has 1 unspecified atom stereocenters. The molecule has 144 valence electrons. The van der Waals surface area contributed by atoms with Crippen LogP contribution in [0, 0.1) is 6.92 Å². The molecule has 0 bridgehead atoms. The van der Waals surface area contributed by atoms with Crippen LogP contribution in [0.2, 0.25) is 0 Å². The molecule has 3 aromatic rings. The first-order chi connectivity index (χ1) is 13.4. The summed E-state index contributed by atoms with van der Waals surface area (Å²) in [6.45, 7) is 3.64. The monoisotopic (exact) mass is 398 g/mol. The van der Waals surface area contributed by atoms with E-state index in [0.29, 0.717) is 20.6 Å². The first-order valence-electron chi connectivity index (χ1n) is 8.54. The van der Waals surface area contributed by atoms with Crippen molar-refractivity contribution in [1.82, 2.24) is 14.3 Å². The highest BCUT2D eigenvalue weighted by atomic mass is 32.1. The van der Waals surface area contributed by atoms with E-state index in [1.165, 1.54) is 18.4 Å². The normalized spacial score (nSPS) is 16.9. The molecule has 0 saturated heterocycles. The van der Waals surface area contributed by atoms with E-state index >= 15 is 0 Å². The molecule has 0 amide bonds. The molecule has 1 aliphatic heterocycles. The average Bonchev–Trinajstić information content (AvgIpc) is 3.37. The zero-order chi connectivity index (χ0) is 20.0. The van der Waals surface area contributed by atoms with Crippen molar-refractivity contribution in [3.05, 3.63) is 72.6 Å². The molecule has 0 aliphatic carbocycles. The number of methoxy groups -OCH3 is 1. The van der Waals surface area contributed by atoms with Gasteiger partial charge in [-0.2, -0.15) is 5.10 Å². The lowest BCUT2D eigenvalue weighted by molar-refractivity contribution is -0.136. The lowest BCUT2D eigenvalue weighted by Gasteiger charge is -2.23. The van der Waals surface area contributed by atoms with Crippen LogP contribution in [0.25, 0.3) is 6.08 Å². The van der Waals surface area contributed by atoms with Gasteiger partial charge in [0.15, 0.2) is 4.80 Å². The van der Waals surface area contributed by atoms with Gasteiger partial charge in [-0.3, -0.25) is 14.0 Å². The van der Waals surface area contributed by atoms with Gasteiger partial charge in [0.1, 0.15) is 6.04 Å². The van der Waals surface area contributed by atoms with E-state index in [2.05, 4.69) is 10.1 Å². The second kappa shape index (κ2) is 6.75. The molecule has 9 heteroatoms. The number of hydrogen-bond donors (Lipinski definition) is 0. The maximum absolute atomic E-state index is 13.3. The summed E-state index contributed by atoms with van der Waals surface area (Å²) in [5.74, 6) is -0.515. The zero-order valence-electron chi connectivity index (χ0n) is 15.8. The van der Waals surface area contributed by atoms with Crippen LogP contribution in [0.1, 0.15) is 29.8 Å². The lowest BCUT2D eigenvalue weighted by Crippen LogP contribution is -2.40. The van der Waals surface area contributed by atoms with E-state index in [0.717, 1.165) is 16.8 Å². The summed E-state index contributed by atoms with van der Waals surface area (Å²) in [7, 11) is 3.13. The Morgan fingerprint density at radius 2 is 2.18 bits per heavy atom. The Morgan fingerprint density at radius 3 is 2.79 bits per heavy atom. The number of fused-ring (bicyclic) bond motifs is 1. The third kappa shape index (κ3) is 2.75. The minimum absolute atomic E-state index is 0.230. The van der Waals surface area contributed by atoms with Crippen molar-refractivity contribution in [2.45, 2.75) is 19.9 Å². The van der Waals surface area contributed by atoms with Crippen molar-refractivity contribution in [2.24, 2.45) is 12.0 Å². The number of carbonyl (C=O) groups excluding carboxylic acids is 1. The molecule has 1 aliphatic rings. The van der Waals surface area contributed by atoms with Gasteiger partial charge in [-0.25, -0.2) is 9.79 Å². The van der Waals surface area contributed by atoms with Gasteiger partial charge >= 0.3 is 5.97 Å². The summed E-state index contributed by atoms with van der Waals surface area (Å²) in [6, 6.07) is 1.12. The number of furan rings is 1. The molecule has 3 aromatic heterocycles. The molecule has 8 nitrogen and oxygen atoms in total. The number of allylic oxidation sites excluding steroid dienone is 1. The predicted octanol–water partition coefficient (Wildman–Crippen LogP) is 1.04. The Balaban J connectivity index is 2.03. The summed E-state index contributed by atoms with van der Waals surface area (Å²) in [5.41, 5.74) is 3.02. The topological polar surface area (TPSA) is 91.6 Å². The van der Waals surface area contributed by atoms with Crippen molar-refractivity contribution < 1.29 is 13.9 Å². The van der Waals surface area contributed by atoms with Gasteiger partial charge in [0, 0.05) is 23.9 Å². The number of nitrogens with zero attached hydrogens (tertiary/aromatic N) is 4. The molecule has 0 radical (unpaired) electrons. The predicted molar refractivity (Wildman–Crippen MR) is 102 cm³/mol. The van der Waals surface area contributed by atoms with E-state index in [1.807, 2.05) is 14.0 Å². The zero-order valence-corrected chi connectivity index (χ0v) is 16.6. The molecule has 28 heavy (non-hydrogen) atoms. The molecule has 0 saturated carbocycles. The van der Waals surface area contributed by atoms with Crippen molar-refractivity contribution in [2.75, 3.05) is 7.11 Å². The smallest absolute Gasteiger partial charge is 0.338 e. The fourth-order valence-corrected chi connectivity index (χ4v) is 4.33. The highest BCUT2D eigenvalue weighted by Gasteiger charge is 2.34. The number of aryl methyl sites for hydroxylation is 1. The van der Waals surface area contributed by atoms with E-state index < -0.39 is 12.0 Å². The van der Waals surface area contributed by atoms with Crippen molar-refractivity contribution in [3.63, 3.8) is 0 Å². The quantitative estimate of drug-likeness (QED) is 0.615. The summed E-state index contributed by atoms with van der Waals surface area (Å²) in [5, 5.41) is 4.29. The van der Waals surface area contributed by atoms with Crippen LogP contribution in [-0.2, 0) is 16.6 Å². The third-order valence-electron chi connectivity index (χ3n) is 4.84. The van der Waals surface area contributed by atoms with Crippen molar-refractivity contribution >= 4 is 23.4 Å². The summed E-state index contributed by atoms with van der Waals surface area (Å²) < 4.78 is 13.8. The first-order valence-corrected chi connectivity index (χ1v) is 9.35. The molecule has 0 aromatic carbocycles. The standard InChI is InChI=1S/C19H18N4O4S/c1-10-15(18(25)26-4)16(13-8-20-22(3)11(13)2)23-17(24)14(28-19(23)21-10)7-12-5-6-27-9-12/h5-9,16H,1-4H3. The van der Waals surface area contributed by atoms with Gasteiger partial charge in [-0.1, -0.05) is 11.3 Å². The number of esters is 1. The first kappa shape index (κ1) is 18.2. The molecule has 0 N–H and O–H groups in total. The maximum Gasteiger partial charge on any atom is 0.338 e. The Hall–Kier alpha value is -3.20. The second-order valence-electron chi connectivity index (χ2n) is 6.44. The van der Waals surface area contributed by atoms with Gasteiger partial charge in [-0.05, 0) is 26.0 Å². The van der Waals surface area contributed by atoms with Crippen LogP contribution in [0.4, 0.5) is 0 Å². The molecule has 4 rings (SSSR count). The summed E-state index contributed by atoms with van der Waals surface area (Å²) in [6.07, 6.45) is 6.53. The van der Waals surface area contributed by atoms with E-state index in [-0.39, 0.29) is 5.56 Å². The van der Waals surface area contributed by atoms with E-state index in [4.69, 9.17) is 9.15 Å². The van der Waals surface area contributed by atoms with E-state index in [1.54, 1.807) is 47.0 Å². The Labute approximate surface area is 163 Å². The molecular formula is C19H18N4O4S. The van der Waals surface area contributed by atoms with Crippen molar-refractivity contribution in [3.8, 4) is 0 Å². The number of rotatable bonds is 3. The maximum atomic E-state index is 13.3. The Bertz CT molecular complexity index is 1270. The molecule has 1 atom stereocenters. The minimum atomic E-state index is -0.649. The van der Waals surface area contributed by atoms with Crippen LogP contribution in [0.5, 0.6) is 0 Å². The van der Waals surface area contributed by atoms with Gasteiger partial charge < -0.3 is 9.15 Å². The lowest BCUT2D eigenvalue weighted by atomic mass is 9.96. The van der Waals surface area contributed by atoms with Gasteiger partial charge in [0.25, 0.3) is 5.56 Å². The molecular weight excluding hydrogens is 380 g/mol. The third-order valence-corrected chi connectivity index (χ3v) is 5.82. The average molecular weight is 398 g/mol. The number of hydrogen-bond acceptors (Lipinski definition) is 7. The van der Waals surface area contributed by atoms with Crippen LogP contribution >= 0.6 is 11.3 Å². The van der Waals surface area contributed by atoms with Crippen LogP contribution in [-0.4, -0.2) is 27.4 Å². The van der Waals surface area contributed by atoms with Crippen LogP contribution in [0.3, 0.4) is 0 Å². The van der Waals surface area contributed by atoms with Crippen LogP contribution < -0.4 is 14.9 Å². The number of ether oxygens (including phenoxy) is 1. The van der Waals surface area contributed by atoms with Crippen molar-refractivity contribution in [1.29, 1.82) is 0 Å². The molecule has 0 fully saturated rings. The summed E-state index contributed by atoms with van der Waals surface area (Å²) >= 11 is 1.27. The van der Waals surface area contributed by atoms with Gasteiger partial charge in [0.2, 0.25) is 0 Å². The SMILES string of the molecule is COC(=O)C1=C(C)N=c2sc(=Cc3ccoc3)c(=O)n2C1c1cnn(C)c1C. The second-order valence-corrected chi connectivity index (χ2v) is 7.45. The van der Waals surface area contributed by atoms with Gasteiger partial charge in [0.05, 0.1) is 41.6 Å². The Morgan fingerprint density at radius 1 is 1.39 bits per heavy atom. The highest BCUT2D eigenvalue weighted by Crippen LogP contribution is 2.31. The minimum Gasteiger partial charge on any atom is -0.472 e. The molecule has 0 spiro atoms. The van der Waals surface area contributed by atoms with E-state index in [9.17, 15) is 9.59 Å². The molecule has 4 heterocycles.